The number of amides is 1. The van der Waals surface area contributed by atoms with E-state index in [1.54, 1.807) is 0 Å². The maximum absolute atomic E-state index is 13.1. The molecular weight excluding hydrogens is 384 g/mol. The molecule has 160 valence electrons. The fourth-order valence-corrected chi connectivity index (χ4v) is 4.12. The molecule has 1 saturated carbocycles. The van der Waals surface area contributed by atoms with Crippen LogP contribution in [0.1, 0.15) is 36.8 Å². The summed E-state index contributed by atoms with van der Waals surface area (Å²) in [5.41, 5.74) is 2.37. The number of hydrogen-bond donors (Lipinski definition) is 1. The quantitative estimate of drug-likeness (QED) is 0.668. The summed E-state index contributed by atoms with van der Waals surface area (Å²) in [6.07, 6.45) is 13.8. The molecule has 1 heterocycles. The summed E-state index contributed by atoms with van der Waals surface area (Å²) in [5.74, 6) is 0.873. The van der Waals surface area contributed by atoms with Gasteiger partial charge in [-0.15, -0.1) is 0 Å². The first-order valence-corrected chi connectivity index (χ1v) is 11.1. The highest BCUT2D eigenvalue weighted by Crippen LogP contribution is 2.28. The smallest absolute Gasteiger partial charge is 0.228 e. The van der Waals surface area contributed by atoms with Gasteiger partial charge in [-0.25, -0.2) is 0 Å². The second kappa shape index (κ2) is 10.8. The van der Waals surface area contributed by atoms with Crippen molar-refractivity contribution in [2.75, 3.05) is 0 Å². The van der Waals surface area contributed by atoms with Crippen molar-refractivity contribution in [2.45, 2.75) is 44.9 Å². The lowest BCUT2D eigenvalue weighted by molar-refractivity contribution is -0.127. The van der Waals surface area contributed by atoms with E-state index in [9.17, 15) is 4.79 Å². The number of benzene rings is 2. The van der Waals surface area contributed by atoms with E-state index in [4.69, 9.17) is 4.74 Å². The molecule has 0 spiro atoms. The predicted octanol–water partition coefficient (Wildman–Crippen LogP) is 5.31. The van der Waals surface area contributed by atoms with Gasteiger partial charge >= 0.3 is 0 Å². The Morgan fingerprint density at radius 1 is 0.935 bits per heavy atom. The van der Waals surface area contributed by atoms with Crippen LogP contribution in [-0.4, -0.2) is 16.9 Å². The number of ether oxygens (including phenoxy) is 1. The first-order chi connectivity index (χ1) is 15.3. The summed E-state index contributed by atoms with van der Waals surface area (Å²) in [7, 11) is 0. The Balaban J connectivity index is 1.35. The van der Waals surface area contributed by atoms with Crippen molar-refractivity contribution >= 4 is 5.91 Å². The minimum atomic E-state index is -0.0230. The first kappa shape index (κ1) is 21.1. The molecule has 31 heavy (non-hydrogen) atoms. The Kier molecular flexibility index (Phi) is 7.35. The Labute approximate surface area is 184 Å². The normalized spacial score (nSPS) is 20.8. The Bertz CT molecular complexity index is 934. The molecule has 2 aliphatic rings. The van der Waals surface area contributed by atoms with Crippen LogP contribution in [0.15, 0.2) is 97.0 Å². The van der Waals surface area contributed by atoms with Gasteiger partial charge in [0.2, 0.25) is 5.91 Å². The standard InChI is InChI=1S/C27H30N2O2/c30-27(24-15-10-16-25(19-24)31-21-23-13-6-2-7-14-23)28-26-17-8-3-9-18-29(26)20-22-11-4-1-5-12-22/h1-9,11-14,17-18,24-25H,10,15-16,19-21H2,(H,28,30). The molecule has 1 aliphatic carbocycles. The minimum Gasteiger partial charge on any atom is -0.374 e. The Morgan fingerprint density at radius 3 is 2.45 bits per heavy atom. The fourth-order valence-electron chi connectivity index (χ4n) is 4.12. The van der Waals surface area contributed by atoms with E-state index in [0.717, 1.165) is 31.5 Å². The van der Waals surface area contributed by atoms with Crippen LogP contribution in [-0.2, 0) is 22.7 Å². The van der Waals surface area contributed by atoms with Gasteiger partial charge < -0.3 is 15.0 Å². The van der Waals surface area contributed by atoms with Gasteiger partial charge in [0, 0.05) is 18.7 Å². The largest absolute Gasteiger partial charge is 0.374 e. The molecule has 0 saturated heterocycles. The van der Waals surface area contributed by atoms with E-state index in [-0.39, 0.29) is 17.9 Å². The van der Waals surface area contributed by atoms with Crippen molar-refractivity contribution in [3.63, 3.8) is 0 Å². The molecule has 4 rings (SSSR count). The summed E-state index contributed by atoms with van der Waals surface area (Å²) in [4.78, 5) is 15.2. The van der Waals surface area contributed by atoms with Crippen molar-refractivity contribution in [1.29, 1.82) is 0 Å². The Morgan fingerprint density at radius 2 is 1.68 bits per heavy atom. The van der Waals surface area contributed by atoms with Crippen LogP contribution in [0.3, 0.4) is 0 Å². The van der Waals surface area contributed by atoms with E-state index < -0.39 is 0 Å². The summed E-state index contributed by atoms with van der Waals surface area (Å²) in [6.45, 7) is 1.31. The summed E-state index contributed by atoms with van der Waals surface area (Å²) < 4.78 is 6.13. The second-order valence-electron chi connectivity index (χ2n) is 8.16. The van der Waals surface area contributed by atoms with Crippen LogP contribution in [0.2, 0.25) is 0 Å². The molecule has 2 aromatic carbocycles. The summed E-state index contributed by atoms with van der Waals surface area (Å²) >= 11 is 0. The van der Waals surface area contributed by atoms with Gasteiger partial charge in [0.05, 0.1) is 12.7 Å². The van der Waals surface area contributed by atoms with Gasteiger partial charge in [0.25, 0.3) is 0 Å². The van der Waals surface area contributed by atoms with Crippen LogP contribution < -0.4 is 5.32 Å². The molecule has 4 heteroatoms. The number of allylic oxidation sites excluding steroid dienone is 4. The van der Waals surface area contributed by atoms with Crippen LogP contribution in [0.25, 0.3) is 0 Å². The number of rotatable bonds is 7. The van der Waals surface area contributed by atoms with Gasteiger partial charge in [0.15, 0.2) is 0 Å². The molecule has 1 N–H and O–H groups in total. The van der Waals surface area contributed by atoms with Gasteiger partial charge in [-0.05, 0) is 42.5 Å². The van der Waals surface area contributed by atoms with Gasteiger partial charge in [-0.3, -0.25) is 4.79 Å². The van der Waals surface area contributed by atoms with Gasteiger partial charge in [0.1, 0.15) is 5.82 Å². The fraction of sp³-hybridized carbons (Fsp3) is 0.296. The predicted molar refractivity (Wildman–Crippen MR) is 123 cm³/mol. The molecule has 1 amide bonds. The molecule has 1 fully saturated rings. The highest BCUT2D eigenvalue weighted by Gasteiger charge is 2.28. The van der Waals surface area contributed by atoms with Crippen LogP contribution >= 0.6 is 0 Å². The van der Waals surface area contributed by atoms with Crippen molar-refractivity contribution in [3.05, 3.63) is 108 Å². The highest BCUT2D eigenvalue weighted by molar-refractivity contribution is 5.80. The maximum atomic E-state index is 13.1. The maximum Gasteiger partial charge on any atom is 0.228 e. The highest BCUT2D eigenvalue weighted by atomic mass is 16.5. The molecule has 2 atom stereocenters. The topological polar surface area (TPSA) is 41.6 Å². The zero-order valence-corrected chi connectivity index (χ0v) is 17.8. The van der Waals surface area contributed by atoms with E-state index >= 15 is 0 Å². The molecule has 4 nitrogen and oxygen atoms in total. The summed E-state index contributed by atoms with van der Waals surface area (Å²) in [5, 5.41) is 3.18. The summed E-state index contributed by atoms with van der Waals surface area (Å²) in [6, 6.07) is 20.5. The monoisotopic (exact) mass is 414 g/mol. The second-order valence-corrected chi connectivity index (χ2v) is 8.16. The molecule has 2 aromatic rings. The third-order valence-electron chi connectivity index (χ3n) is 5.82. The molecule has 2 unspecified atom stereocenters. The van der Waals surface area contributed by atoms with E-state index in [1.807, 2.05) is 66.9 Å². The van der Waals surface area contributed by atoms with Crippen LogP contribution in [0, 0.1) is 5.92 Å². The molecule has 0 aromatic heterocycles. The minimum absolute atomic E-state index is 0.0230. The molecular formula is C27H30N2O2. The third kappa shape index (κ3) is 6.19. The SMILES string of the molecule is O=C(NC1=CC=CC=CN1Cc1ccccc1)C1CCCC(OCc2ccccc2)C1. The van der Waals surface area contributed by atoms with Crippen molar-refractivity contribution in [2.24, 2.45) is 5.92 Å². The average Bonchev–Trinajstić information content (AvgIpc) is 3.04. The van der Waals surface area contributed by atoms with Crippen molar-refractivity contribution in [3.8, 4) is 0 Å². The molecule has 0 bridgehead atoms. The lowest BCUT2D eigenvalue weighted by atomic mass is 9.86. The Hall–Kier alpha value is -3.11. The van der Waals surface area contributed by atoms with Crippen molar-refractivity contribution in [1.82, 2.24) is 10.2 Å². The number of carbonyl (C=O) groups excluding carboxylic acids is 1. The number of carbonyl (C=O) groups is 1. The van der Waals surface area contributed by atoms with Crippen LogP contribution in [0.4, 0.5) is 0 Å². The number of nitrogens with one attached hydrogen (secondary N) is 1. The third-order valence-corrected chi connectivity index (χ3v) is 5.82. The average molecular weight is 415 g/mol. The van der Waals surface area contributed by atoms with Crippen molar-refractivity contribution < 1.29 is 9.53 Å². The van der Waals surface area contributed by atoms with E-state index in [1.165, 1.54) is 11.1 Å². The molecule has 0 radical (unpaired) electrons. The zero-order chi connectivity index (χ0) is 21.3. The lowest BCUT2D eigenvalue weighted by Gasteiger charge is -2.30. The van der Waals surface area contributed by atoms with E-state index in [2.05, 4.69) is 34.5 Å². The van der Waals surface area contributed by atoms with Gasteiger partial charge in [-0.2, -0.15) is 0 Å². The first-order valence-electron chi connectivity index (χ1n) is 11.1. The van der Waals surface area contributed by atoms with Gasteiger partial charge in [-0.1, -0.05) is 79.2 Å². The zero-order valence-electron chi connectivity index (χ0n) is 17.8. The number of hydrogen-bond acceptors (Lipinski definition) is 3. The lowest BCUT2D eigenvalue weighted by Crippen LogP contribution is -2.39. The van der Waals surface area contributed by atoms with Crippen LogP contribution in [0.5, 0.6) is 0 Å². The number of nitrogens with zero attached hydrogens (tertiary/aromatic N) is 1. The molecule has 1 aliphatic heterocycles. The van der Waals surface area contributed by atoms with E-state index in [0.29, 0.717) is 13.2 Å².